The predicted octanol–water partition coefficient (Wildman–Crippen LogP) is 3.52. The molecule has 2 N–H and O–H groups in total. The zero-order valence-corrected chi connectivity index (χ0v) is 19.4. The molecule has 2 heterocycles. The third-order valence-electron chi connectivity index (χ3n) is 6.62. The minimum absolute atomic E-state index is 0.0594. The van der Waals surface area contributed by atoms with Crippen molar-refractivity contribution in [3.05, 3.63) is 53.9 Å². The van der Waals surface area contributed by atoms with Gasteiger partial charge in [0.05, 0.1) is 36.7 Å². The molecule has 1 aliphatic carbocycles. The molecule has 33 heavy (non-hydrogen) atoms. The summed E-state index contributed by atoms with van der Waals surface area (Å²) >= 11 is 6.70. The van der Waals surface area contributed by atoms with Crippen LogP contribution in [0.25, 0.3) is 0 Å². The van der Waals surface area contributed by atoms with E-state index in [1.54, 1.807) is 24.5 Å². The molecule has 1 aromatic heterocycles. The number of benzene rings is 1. The number of hydrogen-bond donors (Lipinski definition) is 2. The van der Waals surface area contributed by atoms with E-state index < -0.39 is 0 Å². The van der Waals surface area contributed by atoms with Crippen molar-refractivity contribution in [2.45, 2.75) is 43.2 Å². The Bertz CT molecular complexity index is 997. The van der Waals surface area contributed by atoms with Crippen LogP contribution in [0.15, 0.2) is 42.7 Å². The first-order valence-electron chi connectivity index (χ1n) is 11.3. The van der Waals surface area contributed by atoms with Gasteiger partial charge in [-0.3, -0.25) is 9.78 Å². The maximum atomic E-state index is 12.8. The van der Waals surface area contributed by atoms with Gasteiger partial charge in [-0.2, -0.15) is 5.26 Å². The second kappa shape index (κ2) is 10.9. The SMILES string of the molecule is COc1cc(NCC2CC3CC(Cl)C(OCCc4ccncc4)CC3NC2=O)ccc1C#N. The van der Waals surface area contributed by atoms with E-state index >= 15 is 0 Å². The van der Waals surface area contributed by atoms with E-state index in [4.69, 9.17) is 26.3 Å². The number of halogens is 1. The summed E-state index contributed by atoms with van der Waals surface area (Å²) in [7, 11) is 1.54. The van der Waals surface area contributed by atoms with Crippen LogP contribution in [-0.2, 0) is 16.0 Å². The Morgan fingerprint density at radius 2 is 2.06 bits per heavy atom. The molecule has 1 amide bonds. The molecular formula is C25H29ClN4O3. The van der Waals surface area contributed by atoms with Crippen molar-refractivity contribution in [1.29, 1.82) is 5.26 Å². The zero-order chi connectivity index (χ0) is 23.2. The van der Waals surface area contributed by atoms with Crippen molar-refractivity contribution >= 4 is 23.2 Å². The van der Waals surface area contributed by atoms with Crippen LogP contribution in [0.5, 0.6) is 5.75 Å². The summed E-state index contributed by atoms with van der Waals surface area (Å²) in [6, 6.07) is 11.5. The lowest BCUT2D eigenvalue weighted by Crippen LogP contribution is -2.56. The van der Waals surface area contributed by atoms with Gasteiger partial charge in [0.25, 0.3) is 0 Å². The predicted molar refractivity (Wildman–Crippen MR) is 126 cm³/mol. The third-order valence-corrected chi connectivity index (χ3v) is 7.08. The van der Waals surface area contributed by atoms with Crippen molar-refractivity contribution in [3.63, 3.8) is 0 Å². The van der Waals surface area contributed by atoms with E-state index in [0.29, 0.717) is 30.4 Å². The van der Waals surface area contributed by atoms with Crippen LogP contribution in [0.3, 0.4) is 0 Å². The number of ether oxygens (including phenoxy) is 2. The van der Waals surface area contributed by atoms with Gasteiger partial charge in [0.1, 0.15) is 11.8 Å². The van der Waals surface area contributed by atoms with Crippen molar-refractivity contribution in [2.24, 2.45) is 11.8 Å². The monoisotopic (exact) mass is 468 g/mol. The van der Waals surface area contributed by atoms with Crippen molar-refractivity contribution < 1.29 is 14.3 Å². The number of carbonyl (C=O) groups excluding carboxylic acids is 1. The molecular weight excluding hydrogens is 440 g/mol. The first-order valence-corrected chi connectivity index (χ1v) is 11.8. The van der Waals surface area contributed by atoms with Gasteiger partial charge in [-0.1, -0.05) is 0 Å². The largest absolute Gasteiger partial charge is 0.495 e. The number of fused-ring (bicyclic) bond motifs is 1. The number of amides is 1. The second-order valence-corrected chi connectivity index (χ2v) is 9.28. The van der Waals surface area contributed by atoms with Crippen LogP contribution >= 0.6 is 11.6 Å². The maximum Gasteiger partial charge on any atom is 0.225 e. The molecule has 2 fully saturated rings. The quantitative estimate of drug-likeness (QED) is 0.575. The Morgan fingerprint density at radius 3 is 2.82 bits per heavy atom. The Balaban J connectivity index is 1.28. The smallest absolute Gasteiger partial charge is 0.225 e. The number of aromatic nitrogens is 1. The lowest BCUT2D eigenvalue weighted by Gasteiger charge is -2.44. The fourth-order valence-corrected chi connectivity index (χ4v) is 5.17. The molecule has 1 saturated heterocycles. The number of piperidine rings is 1. The number of alkyl halides is 1. The minimum Gasteiger partial charge on any atom is -0.495 e. The normalized spacial score (nSPS) is 26.6. The lowest BCUT2D eigenvalue weighted by molar-refractivity contribution is -0.130. The van der Waals surface area contributed by atoms with Gasteiger partial charge < -0.3 is 20.1 Å². The molecule has 0 radical (unpaired) electrons. The Labute approximate surface area is 199 Å². The van der Waals surface area contributed by atoms with Crippen LogP contribution in [-0.4, -0.2) is 48.7 Å². The summed E-state index contributed by atoms with van der Waals surface area (Å²) in [6.45, 7) is 1.12. The van der Waals surface area contributed by atoms with Crippen LogP contribution < -0.4 is 15.4 Å². The Morgan fingerprint density at radius 1 is 1.24 bits per heavy atom. The summed E-state index contributed by atoms with van der Waals surface area (Å²) in [6.07, 6.45) is 6.69. The molecule has 8 heteroatoms. The Kier molecular flexibility index (Phi) is 7.69. The molecule has 4 rings (SSSR count). The summed E-state index contributed by atoms with van der Waals surface area (Å²) in [5.74, 6) is 0.782. The number of anilines is 1. The molecule has 0 bridgehead atoms. The number of nitrogens with one attached hydrogen (secondary N) is 2. The number of methoxy groups -OCH3 is 1. The third kappa shape index (κ3) is 5.76. The number of nitrogens with zero attached hydrogens (tertiary/aromatic N) is 2. The number of nitriles is 1. The van der Waals surface area contributed by atoms with Crippen LogP contribution in [0.4, 0.5) is 5.69 Å². The molecule has 5 atom stereocenters. The standard InChI is InChI=1S/C25H29ClN4O3/c1-32-23-12-20(3-2-17(23)14-27)29-15-19-10-18-11-21(26)24(13-22(18)30-25(19)31)33-9-6-16-4-7-28-8-5-16/h2-5,7-8,12,18-19,21-22,24,29H,6,9-11,13,15H2,1H3,(H,30,31). The van der Waals surface area contributed by atoms with E-state index in [1.807, 2.05) is 18.2 Å². The average Bonchev–Trinajstić information content (AvgIpc) is 2.84. The van der Waals surface area contributed by atoms with Gasteiger partial charge in [-0.05, 0) is 61.4 Å². The molecule has 0 spiro atoms. The zero-order valence-electron chi connectivity index (χ0n) is 18.7. The first kappa shape index (κ1) is 23.3. The highest BCUT2D eigenvalue weighted by molar-refractivity contribution is 6.21. The van der Waals surface area contributed by atoms with E-state index in [9.17, 15) is 4.79 Å². The van der Waals surface area contributed by atoms with Crippen LogP contribution in [0.2, 0.25) is 0 Å². The maximum absolute atomic E-state index is 12.8. The topological polar surface area (TPSA) is 96.3 Å². The van der Waals surface area contributed by atoms with Crippen molar-refractivity contribution in [3.8, 4) is 11.8 Å². The fourth-order valence-electron chi connectivity index (χ4n) is 4.77. The summed E-state index contributed by atoms with van der Waals surface area (Å²) in [5, 5.41) is 15.6. The van der Waals surface area contributed by atoms with Gasteiger partial charge in [0.2, 0.25) is 5.91 Å². The summed E-state index contributed by atoms with van der Waals surface area (Å²) < 4.78 is 11.4. The highest BCUT2D eigenvalue weighted by atomic mass is 35.5. The Hall–Kier alpha value is -2.82. The molecule has 1 aliphatic heterocycles. The van der Waals surface area contributed by atoms with Gasteiger partial charge in [-0.15, -0.1) is 11.6 Å². The summed E-state index contributed by atoms with van der Waals surface area (Å²) in [4.78, 5) is 16.8. The molecule has 7 nitrogen and oxygen atoms in total. The van der Waals surface area contributed by atoms with E-state index in [0.717, 1.165) is 31.4 Å². The van der Waals surface area contributed by atoms with Gasteiger partial charge in [0.15, 0.2) is 0 Å². The fraction of sp³-hybridized carbons (Fsp3) is 0.480. The average molecular weight is 469 g/mol. The number of hydrogen-bond acceptors (Lipinski definition) is 6. The number of carbonyl (C=O) groups is 1. The van der Waals surface area contributed by atoms with Crippen molar-refractivity contribution in [2.75, 3.05) is 25.6 Å². The van der Waals surface area contributed by atoms with Gasteiger partial charge >= 0.3 is 0 Å². The van der Waals surface area contributed by atoms with E-state index in [2.05, 4.69) is 21.7 Å². The highest BCUT2D eigenvalue weighted by Gasteiger charge is 2.43. The van der Waals surface area contributed by atoms with E-state index in [1.165, 1.54) is 12.7 Å². The molecule has 174 valence electrons. The lowest BCUT2D eigenvalue weighted by atomic mass is 9.74. The molecule has 2 aromatic rings. The minimum atomic E-state index is -0.138. The van der Waals surface area contributed by atoms with Crippen LogP contribution in [0.1, 0.15) is 30.4 Å². The second-order valence-electron chi connectivity index (χ2n) is 8.72. The van der Waals surface area contributed by atoms with Gasteiger partial charge in [0, 0.05) is 36.7 Å². The molecule has 1 aromatic carbocycles. The van der Waals surface area contributed by atoms with Crippen molar-refractivity contribution in [1.82, 2.24) is 10.3 Å². The highest BCUT2D eigenvalue weighted by Crippen LogP contribution is 2.37. The number of rotatable bonds is 8. The first-order chi connectivity index (χ1) is 16.1. The molecule has 1 saturated carbocycles. The number of pyridine rings is 1. The molecule has 2 aliphatic rings. The van der Waals surface area contributed by atoms with E-state index in [-0.39, 0.29) is 29.3 Å². The van der Waals surface area contributed by atoms with Gasteiger partial charge in [-0.25, -0.2) is 0 Å². The molecule has 5 unspecified atom stereocenters. The van der Waals surface area contributed by atoms with Crippen LogP contribution in [0, 0.1) is 23.2 Å². The summed E-state index contributed by atoms with van der Waals surface area (Å²) in [5.41, 5.74) is 2.49.